The lowest BCUT2D eigenvalue weighted by Gasteiger charge is -2.24. The quantitative estimate of drug-likeness (QED) is 0.491. The predicted molar refractivity (Wildman–Crippen MR) is 118 cm³/mol. The normalized spacial score (nSPS) is 11.0. The molecular weight excluding hydrogens is 332 g/mol. The van der Waals surface area contributed by atoms with E-state index in [2.05, 4.69) is 92.9 Å². The summed E-state index contributed by atoms with van der Waals surface area (Å²) < 4.78 is 6.24. The van der Waals surface area contributed by atoms with Crippen molar-refractivity contribution in [2.24, 2.45) is 0 Å². The van der Waals surface area contributed by atoms with Crippen molar-refractivity contribution in [3.63, 3.8) is 0 Å². The van der Waals surface area contributed by atoms with Crippen molar-refractivity contribution < 1.29 is 4.74 Å². The van der Waals surface area contributed by atoms with Crippen LogP contribution in [0.15, 0.2) is 48.5 Å². The van der Waals surface area contributed by atoms with Gasteiger partial charge < -0.3 is 14.5 Å². The largest absolute Gasteiger partial charge is 0.372 e. The van der Waals surface area contributed by atoms with Gasteiger partial charge in [0.25, 0.3) is 0 Å². The minimum absolute atomic E-state index is 0.0125. The molecule has 0 fully saturated rings. The zero-order valence-corrected chi connectivity index (χ0v) is 17.7. The molecule has 0 atom stereocenters. The number of hydrogen-bond acceptors (Lipinski definition) is 3. The topological polar surface area (TPSA) is 15.7 Å². The second-order valence-corrected chi connectivity index (χ2v) is 6.78. The zero-order valence-electron chi connectivity index (χ0n) is 17.7. The van der Waals surface area contributed by atoms with Gasteiger partial charge in [-0.2, -0.15) is 0 Å². The van der Waals surface area contributed by atoms with E-state index in [-0.39, 0.29) is 6.10 Å². The number of anilines is 2. The average Bonchev–Trinajstić information content (AvgIpc) is 2.72. The first-order chi connectivity index (χ1) is 13.2. The molecule has 3 nitrogen and oxygen atoms in total. The van der Waals surface area contributed by atoms with Crippen LogP contribution < -0.4 is 9.80 Å². The highest BCUT2D eigenvalue weighted by Gasteiger charge is 2.16. The molecule has 0 bridgehead atoms. The second kappa shape index (κ2) is 11.0. The predicted octanol–water partition coefficient (Wildman–Crippen LogP) is 5.90. The number of nitrogens with zero attached hydrogens (tertiary/aromatic N) is 2. The first-order valence-corrected chi connectivity index (χ1v) is 10.5. The molecule has 2 aromatic carbocycles. The molecule has 0 saturated carbocycles. The molecule has 0 unspecified atom stereocenters. The Bertz CT molecular complexity index is 588. The third-order valence-corrected chi connectivity index (χ3v) is 5.14. The first-order valence-electron chi connectivity index (χ1n) is 10.5. The Hall–Kier alpha value is -2.00. The van der Waals surface area contributed by atoms with Gasteiger partial charge in [-0.15, -0.1) is 0 Å². The molecule has 0 N–H and O–H groups in total. The minimum atomic E-state index is -0.0125. The molecule has 0 radical (unpaired) electrons. The highest BCUT2D eigenvalue weighted by molar-refractivity contribution is 5.51. The van der Waals surface area contributed by atoms with Crippen LogP contribution in [0.3, 0.4) is 0 Å². The second-order valence-electron chi connectivity index (χ2n) is 6.78. The van der Waals surface area contributed by atoms with Crippen molar-refractivity contribution in [3.05, 3.63) is 59.7 Å². The highest BCUT2D eigenvalue weighted by atomic mass is 16.5. The SMILES string of the molecule is CCCOC(c1ccc(N(CC)CC)cc1)c1ccc(N(CC)CC)cc1. The van der Waals surface area contributed by atoms with E-state index < -0.39 is 0 Å². The van der Waals surface area contributed by atoms with Gasteiger partial charge in [0.05, 0.1) is 0 Å². The lowest BCUT2D eigenvalue weighted by atomic mass is 10.00. The van der Waals surface area contributed by atoms with Gasteiger partial charge in [-0.1, -0.05) is 31.2 Å². The Labute approximate surface area is 166 Å². The van der Waals surface area contributed by atoms with E-state index in [1.807, 2.05) is 0 Å². The molecule has 0 spiro atoms. The molecule has 0 heterocycles. The summed E-state index contributed by atoms with van der Waals surface area (Å²) in [6.07, 6.45) is 1.01. The summed E-state index contributed by atoms with van der Waals surface area (Å²) in [5, 5.41) is 0. The summed E-state index contributed by atoms with van der Waals surface area (Å²) in [7, 11) is 0. The Morgan fingerprint density at radius 2 is 1.00 bits per heavy atom. The van der Waals surface area contributed by atoms with Gasteiger partial charge in [0.15, 0.2) is 0 Å². The molecule has 0 aliphatic rings. The fraction of sp³-hybridized carbons (Fsp3) is 0.500. The summed E-state index contributed by atoms with van der Waals surface area (Å²) in [5.74, 6) is 0. The van der Waals surface area contributed by atoms with E-state index in [0.717, 1.165) is 39.2 Å². The van der Waals surface area contributed by atoms with Gasteiger partial charge in [-0.25, -0.2) is 0 Å². The summed E-state index contributed by atoms with van der Waals surface area (Å²) in [6, 6.07) is 17.7. The van der Waals surface area contributed by atoms with Crippen LogP contribution in [0.2, 0.25) is 0 Å². The molecule has 0 amide bonds. The van der Waals surface area contributed by atoms with Crippen molar-refractivity contribution in [2.45, 2.75) is 47.1 Å². The van der Waals surface area contributed by atoms with Gasteiger partial charge in [-0.3, -0.25) is 0 Å². The Morgan fingerprint density at radius 1 is 0.630 bits per heavy atom. The van der Waals surface area contributed by atoms with Crippen molar-refractivity contribution in [2.75, 3.05) is 42.6 Å². The van der Waals surface area contributed by atoms with E-state index >= 15 is 0 Å². The van der Waals surface area contributed by atoms with Gasteiger partial charge in [-0.05, 0) is 69.5 Å². The summed E-state index contributed by atoms with van der Waals surface area (Å²) in [5.41, 5.74) is 4.98. The van der Waals surface area contributed by atoms with Crippen LogP contribution >= 0.6 is 0 Å². The summed E-state index contributed by atoms with van der Waals surface area (Å²) in [4.78, 5) is 4.73. The standard InChI is InChI=1S/C24H36N2O/c1-6-19-27-24(20-11-15-22(16-12-20)25(7-2)8-3)21-13-17-23(18-14-21)26(9-4)10-5/h11-18,24H,6-10,19H2,1-5H3. The van der Waals surface area contributed by atoms with Crippen LogP contribution in [0.1, 0.15) is 58.3 Å². The maximum Gasteiger partial charge on any atom is 0.108 e. The Kier molecular flexibility index (Phi) is 8.66. The minimum Gasteiger partial charge on any atom is -0.372 e. The van der Waals surface area contributed by atoms with E-state index in [1.54, 1.807) is 0 Å². The van der Waals surface area contributed by atoms with Crippen LogP contribution in [-0.2, 0) is 4.74 Å². The molecule has 3 heteroatoms. The molecule has 0 saturated heterocycles. The third kappa shape index (κ3) is 5.49. The lowest BCUT2D eigenvalue weighted by Crippen LogP contribution is -2.22. The van der Waals surface area contributed by atoms with E-state index in [1.165, 1.54) is 22.5 Å². The van der Waals surface area contributed by atoms with Gasteiger partial charge >= 0.3 is 0 Å². The number of benzene rings is 2. The van der Waals surface area contributed by atoms with Crippen LogP contribution in [0.25, 0.3) is 0 Å². The van der Waals surface area contributed by atoms with Crippen molar-refractivity contribution in [1.29, 1.82) is 0 Å². The van der Waals surface area contributed by atoms with E-state index in [4.69, 9.17) is 4.74 Å². The third-order valence-electron chi connectivity index (χ3n) is 5.14. The van der Waals surface area contributed by atoms with Crippen LogP contribution in [0.5, 0.6) is 0 Å². The fourth-order valence-corrected chi connectivity index (χ4v) is 3.52. The first kappa shape index (κ1) is 21.3. The summed E-state index contributed by atoms with van der Waals surface area (Å²) >= 11 is 0. The van der Waals surface area contributed by atoms with E-state index in [0.29, 0.717) is 0 Å². The summed E-state index contributed by atoms with van der Waals surface area (Å²) in [6.45, 7) is 15.8. The molecule has 148 valence electrons. The molecule has 0 aliphatic carbocycles. The fourth-order valence-electron chi connectivity index (χ4n) is 3.52. The van der Waals surface area contributed by atoms with Gasteiger partial charge in [0.1, 0.15) is 6.10 Å². The Morgan fingerprint density at radius 3 is 1.30 bits per heavy atom. The Balaban J connectivity index is 2.26. The van der Waals surface area contributed by atoms with Crippen molar-refractivity contribution >= 4 is 11.4 Å². The monoisotopic (exact) mass is 368 g/mol. The molecule has 27 heavy (non-hydrogen) atoms. The lowest BCUT2D eigenvalue weighted by molar-refractivity contribution is 0.0806. The smallest absolute Gasteiger partial charge is 0.108 e. The van der Waals surface area contributed by atoms with Gasteiger partial charge in [0.2, 0.25) is 0 Å². The number of ether oxygens (including phenoxy) is 1. The van der Waals surface area contributed by atoms with Gasteiger partial charge in [0, 0.05) is 44.2 Å². The molecular formula is C24H36N2O. The zero-order chi connectivity index (χ0) is 19.6. The maximum atomic E-state index is 6.24. The average molecular weight is 369 g/mol. The van der Waals surface area contributed by atoms with Crippen LogP contribution in [-0.4, -0.2) is 32.8 Å². The number of hydrogen-bond donors (Lipinski definition) is 0. The molecule has 2 aromatic rings. The number of rotatable bonds is 11. The van der Waals surface area contributed by atoms with Crippen molar-refractivity contribution in [3.8, 4) is 0 Å². The van der Waals surface area contributed by atoms with Crippen LogP contribution in [0.4, 0.5) is 11.4 Å². The highest BCUT2D eigenvalue weighted by Crippen LogP contribution is 2.29. The van der Waals surface area contributed by atoms with E-state index in [9.17, 15) is 0 Å². The molecule has 0 aliphatic heterocycles. The maximum absolute atomic E-state index is 6.24. The molecule has 0 aromatic heterocycles. The molecule has 2 rings (SSSR count). The van der Waals surface area contributed by atoms with Crippen LogP contribution in [0, 0.1) is 0 Å². The van der Waals surface area contributed by atoms with Crippen molar-refractivity contribution in [1.82, 2.24) is 0 Å².